The molecule has 1 aromatic rings. The monoisotopic (exact) mass is 969 g/mol. The highest BCUT2D eigenvalue weighted by molar-refractivity contribution is 8.00. The van der Waals surface area contributed by atoms with Gasteiger partial charge in [-0.1, -0.05) is 23.7 Å². The predicted octanol–water partition coefficient (Wildman–Crippen LogP) is -1.97. The van der Waals surface area contributed by atoms with Crippen molar-refractivity contribution >= 4 is 35.8 Å². The van der Waals surface area contributed by atoms with Crippen LogP contribution in [0.15, 0.2) is 33.6 Å². The SMILES string of the molecule is CC(=O)N[C@@H](/C=N/OCc1ccc(C2(C(F)(F)F)N=N2)cc1OCCOCCOCCNC(=O)CCCC[C@@H]1SC[C@@H]2NC(=O)N[C@@H]21)[C@@H](O)[C@H](O[C@@H]1O[C@H](CO)[C@H](O)[C@H](O)[C@H]1O)[C@H](O)CO. The molecule has 12 atom stereocenters. The second kappa shape index (κ2) is 24.9. The first-order valence-electron chi connectivity index (χ1n) is 21.2. The first kappa shape index (κ1) is 53.0. The number of carbonyl (C=O) groups is 3. The van der Waals surface area contributed by atoms with Gasteiger partial charge < -0.3 is 85.5 Å². The molecule has 0 saturated carbocycles. The van der Waals surface area contributed by atoms with E-state index in [1.54, 1.807) is 0 Å². The van der Waals surface area contributed by atoms with Crippen molar-refractivity contribution in [3.63, 3.8) is 0 Å². The molecule has 4 heterocycles. The fraction of sp³-hybridized carbons (Fsp3) is 0.744. The summed E-state index contributed by atoms with van der Waals surface area (Å²) in [6.45, 7) is -0.469. The first-order valence-corrected chi connectivity index (χ1v) is 22.3. The van der Waals surface area contributed by atoms with Gasteiger partial charge in [-0.15, -0.1) is 10.2 Å². The Bertz CT molecular complexity index is 1800. The molecular weight excluding hydrogens is 912 g/mol. The van der Waals surface area contributed by atoms with Crippen LogP contribution in [0.3, 0.4) is 0 Å². The molecule has 4 amide bonds. The third-order valence-corrected chi connectivity index (χ3v) is 12.5. The molecule has 372 valence electrons. The minimum absolute atomic E-state index is 0.00603. The molecule has 4 aliphatic heterocycles. The average Bonchev–Trinajstić information content (AvgIpc) is 3.92. The number of amides is 4. The third kappa shape index (κ3) is 14.3. The van der Waals surface area contributed by atoms with Gasteiger partial charge in [-0.3, -0.25) is 9.59 Å². The Morgan fingerprint density at radius 2 is 1.77 bits per heavy atom. The van der Waals surface area contributed by atoms with Gasteiger partial charge in [0.2, 0.25) is 11.8 Å². The van der Waals surface area contributed by atoms with Crippen LogP contribution in [-0.2, 0) is 45.6 Å². The minimum atomic E-state index is -4.83. The van der Waals surface area contributed by atoms with Gasteiger partial charge in [0, 0.05) is 42.0 Å². The summed E-state index contributed by atoms with van der Waals surface area (Å²) < 4.78 is 69.1. The molecule has 0 radical (unpaired) electrons. The summed E-state index contributed by atoms with van der Waals surface area (Å²) in [4.78, 5) is 41.2. The lowest BCUT2D eigenvalue weighted by atomic mass is 9.98. The fourth-order valence-corrected chi connectivity index (χ4v) is 8.87. The summed E-state index contributed by atoms with van der Waals surface area (Å²) in [5.74, 6) is 0.00456. The lowest BCUT2D eigenvalue weighted by Crippen LogP contribution is -2.62. The number of nitrogens with zero attached hydrogens (tertiary/aromatic N) is 3. The lowest BCUT2D eigenvalue weighted by molar-refractivity contribution is -0.324. The number of rotatable bonds is 28. The van der Waals surface area contributed by atoms with E-state index in [9.17, 15) is 63.3 Å². The third-order valence-electron chi connectivity index (χ3n) is 11.0. The van der Waals surface area contributed by atoms with E-state index in [0.717, 1.165) is 50.3 Å². The van der Waals surface area contributed by atoms with Gasteiger partial charge in [-0.05, 0) is 18.9 Å². The van der Waals surface area contributed by atoms with Crippen molar-refractivity contribution in [3.8, 4) is 5.75 Å². The zero-order valence-electron chi connectivity index (χ0n) is 35.8. The minimum Gasteiger partial charge on any atom is -0.491 e. The molecule has 3 fully saturated rings. The van der Waals surface area contributed by atoms with Crippen LogP contribution < -0.4 is 26.0 Å². The second-order valence-electron chi connectivity index (χ2n) is 15.8. The van der Waals surface area contributed by atoms with Crippen molar-refractivity contribution in [3.05, 3.63) is 29.3 Å². The number of carbonyl (C=O) groups excluding carboxylic acids is 3. The highest BCUT2D eigenvalue weighted by Gasteiger charge is 2.65. The van der Waals surface area contributed by atoms with Crippen molar-refractivity contribution in [1.29, 1.82) is 0 Å². The van der Waals surface area contributed by atoms with Crippen LogP contribution >= 0.6 is 11.8 Å². The molecule has 4 aliphatic rings. The van der Waals surface area contributed by atoms with E-state index in [1.165, 1.54) is 6.07 Å². The van der Waals surface area contributed by atoms with Crippen LogP contribution in [0.4, 0.5) is 18.0 Å². The molecule has 1 aromatic carbocycles. The Kier molecular flexibility index (Phi) is 19.9. The van der Waals surface area contributed by atoms with Gasteiger partial charge in [0.15, 0.2) is 6.29 Å². The van der Waals surface area contributed by atoms with Crippen LogP contribution in [0, 0.1) is 0 Å². The number of hydrogen-bond donors (Lipinski definition) is 11. The maximum absolute atomic E-state index is 13.9. The molecule has 0 bridgehead atoms. The number of hydrogen-bond acceptors (Lipinski definition) is 20. The largest absolute Gasteiger partial charge is 0.491 e. The van der Waals surface area contributed by atoms with Crippen molar-refractivity contribution < 1.29 is 91.8 Å². The number of ether oxygens (including phenoxy) is 5. The smallest absolute Gasteiger partial charge is 0.442 e. The number of fused-ring (bicyclic) bond motifs is 1. The topological polar surface area (TPSA) is 333 Å². The number of thioether (sulfide) groups is 1. The zero-order chi connectivity index (χ0) is 48.0. The molecule has 0 spiro atoms. The molecule has 3 saturated heterocycles. The van der Waals surface area contributed by atoms with E-state index < -0.39 is 92.6 Å². The highest BCUT2D eigenvalue weighted by atomic mass is 32.2. The molecule has 0 unspecified atom stereocenters. The van der Waals surface area contributed by atoms with Crippen LogP contribution in [0.1, 0.15) is 43.7 Å². The number of oxime groups is 1. The first-order chi connectivity index (χ1) is 31.5. The number of unbranched alkanes of at least 4 members (excludes halogenated alkanes) is 1. The Balaban J connectivity index is 1.07. The molecule has 0 aliphatic carbocycles. The molecule has 23 nitrogen and oxygen atoms in total. The Morgan fingerprint density at radius 3 is 2.45 bits per heavy atom. The van der Waals surface area contributed by atoms with E-state index in [0.29, 0.717) is 18.2 Å². The summed E-state index contributed by atoms with van der Waals surface area (Å²) in [5, 5.41) is 93.1. The summed E-state index contributed by atoms with van der Waals surface area (Å²) in [7, 11) is 0. The molecule has 66 heavy (non-hydrogen) atoms. The van der Waals surface area contributed by atoms with E-state index in [1.807, 2.05) is 11.8 Å². The van der Waals surface area contributed by atoms with Gasteiger partial charge in [0.25, 0.3) is 0 Å². The number of nitrogens with one attached hydrogen (secondary N) is 4. The maximum atomic E-state index is 13.9. The van der Waals surface area contributed by atoms with Crippen molar-refractivity contribution in [2.24, 2.45) is 15.4 Å². The van der Waals surface area contributed by atoms with E-state index in [4.69, 9.17) is 28.5 Å². The molecule has 5 rings (SSSR count). The standard InChI is InChI=1S/C39H58F3N7O16S/c1-20(52)45-23(31(55)35(25(53)16-50)65-36-34(58)33(57)32(56)27(17-51)64-36)15-44-63-18-21-6-7-22(38(48-49-38)39(40,41)42)14-26(21)62-13-12-61-11-10-60-9-8-43-29(54)5-3-2-4-28-30-24(19-66-28)46-37(59)47-30/h6-7,14-15,23-25,27-28,30-36,50-51,53,55-58H,2-5,8-13,16-19H2,1H3,(H,43,54)(H,45,52)(H2,46,47,59)/b44-15+/t23-,24-,25+,27+,28-,30-,31+,32-,33-,34+,35+,36-/m0/s1. The number of benzene rings is 1. The number of alkyl halides is 3. The predicted molar refractivity (Wildman–Crippen MR) is 222 cm³/mol. The molecule has 11 N–H and O–H groups in total. The Hall–Kier alpha value is -4.00. The highest BCUT2D eigenvalue weighted by Crippen LogP contribution is 2.53. The summed E-state index contributed by atoms with van der Waals surface area (Å²) in [6.07, 6.45) is -15.7. The van der Waals surface area contributed by atoms with Gasteiger partial charge in [-0.25, -0.2) is 4.79 Å². The number of halogens is 3. The van der Waals surface area contributed by atoms with Gasteiger partial charge in [-0.2, -0.15) is 24.9 Å². The van der Waals surface area contributed by atoms with Crippen LogP contribution in [0.2, 0.25) is 0 Å². The van der Waals surface area contributed by atoms with E-state index in [2.05, 4.69) is 36.7 Å². The van der Waals surface area contributed by atoms with Gasteiger partial charge in [0.05, 0.1) is 64.0 Å². The fourth-order valence-electron chi connectivity index (χ4n) is 7.33. The van der Waals surface area contributed by atoms with E-state index in [-0.39, 0.29) is 73.9 Å². The van der Waals surface area contributed by atoms with Crippen LogP contribution in [-0.4, -0.2) is 197 Å². The van der Waals surface area contributed by atoms with Crippen LogP contribution in [0.25, 0.3) is 0 Å². The van der Waals surface area contributed by atoms with Crippen molar-refractivity contribution in [1.82, 2.24) is 21.3 Å². The number of aliphatic hydroxyl groups is 7. The quantitative estimate of drug-likeness (QED) is 0.0188. The van der Waals surface area contributed by atoms with Gasteiger partial charge in [0.1, 0.15) is 61.7 Å². The summed E-state index contributed by atoms with van der Waals surface area (Å²) >= 11 is 1.83. The average molecular weight is 970 g/mol. The number of urea groups is 1. The number of aliphatic hydroxyl groups excluding tert-OH is 7. The van der Waals surface area contributed by atoms with E-state index >= 15 is 0 Å². The summed E-state index contributed by atoms with van der Waals surface area (Å²) in [6, 6.07) is 2.12. The molecule has 0 aromatic heterocycles. The van der Waals surface area contributed by atoms with Crippen molar-refractivity contribution in [2.75, 3.05) is 58.5 Å². The summed E-state index contributed by atoms with van der Waals surface area (Å²) in [5.41, 5.74) is -2.91. The van der Waals surface area contributed by atoms with Gasteiger partial charge >= 0.3 is 17.9 Å². The Morgan fingerprint density at radius 1 is 1.05 bits per heavy atom. The Labute approximate surface area is 380 Å². The van der Waals surface area contributed by atoms with Crippen LogP contribution in [0.5, 0.6) is 5.75 Å². The second-order valence-corrected chi connectivity index (χ2v) is 17.0. The zero-order valence-corrected chi connectivity index (χ0v) is 36.6. The van der Waals surface area contributed by atoms with Crippen molar-refractivity contribution in [2.45, 2.75) is 123 Å². The molecular formula is C39H58F3N7O16S. The maximum Gasteiger partial charge on any atom is 0.442 e. The molecule has 27 heteroatoms. The normalized spacial score (nSPS) is 27.3. The lowest BCUT2D eigenvalue weighted by Gasteiger charge is -2.42.